The minimum Gasteiger partial charge on any atom is -0.468 e. The highest BCUT2D eigenvalue weighted by atomic mass is 16.5. The van der Waals surface area contributed by atoms with E-state index in [0.717, 1.165) is 26.2 Å². The Balaban J connectivity index is 2.18. The number of hydrogen-bond acceptors (Lipinski definition) is 5. The van der Waals surface area contributed by atoms with Crippen molar-refractivity contribution in [3.63, 3.8) is 0 Å². The molecule has 5 nitrogen and oxygen atoms in total. The fourth-order valence-corrected chi connectivity index (χ4v) is 1.43. The van der Waals surface area contributed by atoms with Crippen LogP contribution in [0.4, 0.5) is 0 Å². The topological polar surface area (TPSA) is 50.8 Å². The number of nitrogens with one attached hydrogen (secondary N) is 1. The number of esters is 1. The fraction of sp³-hybridized carbons (Fsp3) is 0.889. The van der Waals surface area contributed by atoms with Gasteiger partial charge in [-0.05, 0) is 7.05 Å². The molecule has 0 aliphatic carbocycles. The molecule has 0 amide bonds. The highest BCUT2D eigenvalue weighted by molar-refractivity contribution is 5.71. The highest BCUT2D eigenvalue weighted by Gasteiger charge is 2.16. The van der Waals surface area contributed by atoms with Crippen LogP contribution in [0.1, 0.15) is 0 Å². The Morgan fingerprint density at radius 3 is 3.07 bits per heavy atom. The third-order valence-corrected chi connectivity index (χ3v) is 2.15. The molecule has 0 bridgehead atoms. The number of nitrogens with zero attached hydrogens (tertiary/aromatic N) is 1. The van der Waals surface area contributed by atoms with Gasteiger partial charge in [0.05, 0.1) is 26.4 Å². The number of likely N-dealkylation sites (N-methyl/N-ethyl adjacent to an activating group) is 1. The summed E-state index contributed by atoms with van der Waals surface area (Å²) in [5.74, 6) is -0.212. The first-order valence-electron chi connectivity index (χ1n) is 4.80. The van der Waals surface area contributed by atoms with Gasteiger partial charge in [-0.1, -0.05) is 0 Å². The van der Waals surface area contributed by atoms with Crippen LogP contribution in [-0.2, 0) is 14.3 Å². The minimum absolute atomic E-state index is 0.179. The molecule has 1 unspecified atom stereocenters. The van der Waals surface area contributed by atoms with E-state index in [9.17, 15) is 4.79 Å². The zero-order valence-corrected chi connectivity index (χ0v) is 8.78. The van der Waals surface area contributed by atoms with Crippen molar-refractivity contribution in [1.82, 2.24) is 10.2 Å². The van der Waals surface area contributed by atoms with E-state index in [1.807, 2.05) is 11.9 Å². The van der Waals surface area contributed by atoms with Crippen molar-refractivity contribution in [2.75, 3.05) is 46.9 Å². The Labute approximate surface area is 84.4 Å². The molecule has 0 aromatic carbocycles. The van der Waals surface area contributed by atoms with Crippen LogP contribution in [0.5, 0.6) is 0 Å². The summed E-state index contributed by atoms with van der Waals surface area (Å²) in [6.07, 6.45) is 0.179. The van der Waals surface area contributed by atoms with Gasteiger partial charge in [-0.25, -0.2) is 0 Å². The number of morpholine rings is 1. The van der Waals surface area contributed by atoms with Crippen molar-refractivity contribution in [3.05, 3.63) is 0 Å². The summed E-state index contributed by atoms with van der Waals surface area (Å²) in [5.41, 5.74) is 0. The average Bonchev–Trinajstić information content (AvgIpc) is 2.19. The van der Waals surface area contributed by atoms with Gasteiger partial charge >= 0.3 is 5.97 Å². The normalized spacial score (nSPS) is 22.4. The molecule has 1 saturated heterocycles. The number of hydrogen-bond donors (Lipinski definition) is 1. The number of rotatable bonds is 4. The Kier molecular flexibility index (Phi) is 4.86. The first kappa shape index (κ1) is 11.4. The predicted molar refractivity (Wildman–Crippen MR) is 52.1 cm³/mol. The molecule has 0 radical (unpaired) electrons. The standard InChI is InChI=1S/C9H18N2O3/c1-11(7-9(12)13-2)6-8-5-10-3-4-14-8/h8,10H,3-7H2,1-2H3. The van der Waals surface area contributed by atoms with Gasteiger partial charge < -0.3 is 14.8 Å². The van der Waals surface area contributed by atoms with Crippen LogP contribution >= 0.6 is 0 Å². The molecule has 5 heteroatoms. The van der Waals surface area contributed by atoms with Crippen LogP contribution in [0.3, 0.4) is 0 Å². The molecule has 0 aromatic heterocycles. The van der Waals surface area contributed by atoms with E-state index >= 15 is 0 Å². The fourth-order valence-electron chi connectivity index (χ4n) is 1.43. The van der Waals surface area contributed by atoms with Crippen molar-refractivity contribution in [3.8, 4) is 0 Å². The molecule has 1 aliphatic heterocycles. The maximum atomic E-state index is 10.9. The number of carbonyl (C=O) groups excluding carboxylic acids is 1. The summed E-state index contributed by atoms with van der Waals surface area (Å²) in [5, 5.41) is 3.24. The van der Waals surface area contributed by atoms with Crippen molar-refractivity contribution < 1.29 is 14.3 Å². The molecule has 1 atom stereocenters. The number of methoxy groups -OCH3 is 1. The van der Waals surface area contributed by atoms with Crippen molar-refractivity contribution in [1.29, 1.82) is 0 Å². The van der Waals surface area contributed by atoms with Gasteiger partial charge in [0.2, 0.25) is 0 Å². The van der Waals surface area contributed by atoms with E-state index in [-0.39, 0.29) is 12.1 Å². The molecule has 0 spiro atoms. The second-order valence-electron chi connectivity index (χ2n) is 3.47. The van der Waals surface area contributed by atoms with Crippen LogP contribution < -0.4 is 5.32 Å². The van der Waals surface area contributed by atoms with Gasteiger partial charge in [-0.15, -0.1) is 0 Å². The Bertz CT molecular complexity index is 181. The highest BCUT2D eigenvalue weighted by Crippen LogP contribution is 1.98. The van der Waals surface area contributed by atoms with Gasteiger partial charge in [0.15, 0.2) is 0 Å². The Morgan fingerprint density at radius 1 is 1.71 bits per heavy atom. The summed E-state index contributed by atoms with van der Waals surface area (Å²) in [6, 6.07) is 0. The maximum Gasteiger partial charge on any atom is 0.319 e. The van der Waals surface area contributed by atoms with Gasteiger partial charge in [0.25, 0.3) is 0 Å². The lowest BCUT2D eigenvalue weighted by molar-refractivity contribution is -0.142. The predicted octanol–water partition coefficient (Wildman–Crippen LogP) is -0.920. The summed E-state index contributed by atoms with van der Waals surface area (Å²) >= 11 is 0. The molecular formula is C9H18N2O3. The average molecular weight is 202 g/mol. The zero-order chi connectivity index (χ0) is 10.4. The van der Waals surface area contributed by atoms with Crippen molar-refractivity contribution in [2.45, 2.75) is 6.10 Å². The van der Waals surface area contributed by atoms with E-state index in [2.05, 4.69) is 10.1 Å². The summed E-state index contributed by atoms with van der Waals surface area (Å²) < 4.78 is 10.1. The lowest BCUT2D eigenvalue weighted by Gasteiger charge is -2.27. The van der Waals surface area contributed by atoms with Crippen LogP contribution in [0.15, 0.2) is 0 Å². The maximum absolute atomic E-state index is 10.9. The summed E-state index contributed by atoms with van der Waals surface area (Å²) in [6.45, 7) is 3.58. The van der Waals surface area contributed by atoms with E-state index < -0.39 is 0 Å². The van der Waals surface area contributed by atoms with E-state index in [1.54, 1.807) is 0 Å². The number of carbonyl (C=O) groups is 1. The van der Waals surface area contributed by atoms with Crippen LogP contribution in [-0.4, -0.2) is 63.9 Å². The van der Waals surface area contributed by atoms with Gasteiger partial charge in [-0.3, -0.25) is 9.69 Å². The SMILES string of the molecule is COC(=O)CN(C)CC1CNCCO1. The quantitative estimate of drug-likeness (QED) is 0.597. The smallest absolute Gasteiger partial charge is 0.319 e. The van der Waals surface area contributed by atoms with Gasteiger partial charge in [0, 0.05) is 19.6 Å². The van der Waals surface area contributed by atoms with E-state index in [0.29, 0.717) is 6.54 Å². The molecule has 14 heavy (non-hydrogen) atoms. The lowest BCUT2D eigenvalue weighted by Crippen LogP contribution is -2.45. The molecule has 0 saturated carbocycles. The summed E-state index contributed by atoms with van der Waals surface area (Å²) in [7, 11) is 3.28. The molecule has 1 heterocycles. The summed E-state index contributed by atoms with van der Waals surface area (Å²) in [4.78, 5) is 12.8. The molecule has 1 rings (SSSR count). The van der Waals surface area contributed by atoms with Crippen LogP contribution in [0, 0.1) is 0 Å². The van der Waals surface area contributed by atoms with E-state index in [1.165, 1.54) is 7.11 Å². The zero-order valence-electron chi connectivity index (χ0n) is 8.78. The first-order valence-corrected chi connectivity index (χ1v) is 4.80. The monoisotopic (exact) mass is 202 g/mol. The van der Waals surface area contributed by atoms with Gasteiger partial charge in [-0.2, -0.15) is 0 Å². The molecule has 1 N–H and O–H groups in total. The Morgan fingerprint density at radius 2 is 2.50 bits per heavy atom. The van der Waals surface area contributed by atoms with Crippen molar-refractivity contribution in [2.24, 2.45) is 0 Å². The van der Waals surface area contributed by atoms with E-state index in [4.69, 9.17) is 4.74 Å². The minimum atomic E-state index is -0.212. The molecule has 1 fully saturated rings. The van der Waals surface area contributed by atoms with Crippen molar-refractivity contribution >= 4 is 5.97 Å². The Hall–Kier alpha value is -0.650. The van der Waals surface area contributed by atoms with Crippen LogP contribution in [0.2, 0.25) is 0 Å². The first-order chi connectivity index (χ1) is 6.72. The second-order valence-corrected chi connectivity index (χ2v) is 3.47. The third kappa shape index (κ3) is 4.04. The molecular weight excluding hydrogens is 184 g/mol. The second kappa shape index (κ2) is 5.95. The molecule has 1 aliphatic rings. The van der Waals surface area contributed by atoms with Crippen LogP contribution in [0.25, 0.3) is 0 Å². The largest absolute Gasteiger partial charge is 0.468 e. The number of ether oxygens (including phenoxy) is 2. The third-order valence-electron chi connectivity index (χ3n) is 2.15. The molecule has 82 valence electrons. The molecule has 0 aromatic rings. The van der Waals surface area contributed by atoms with Gasteiger partial charge in [0.1, 0.15) is 0 Å². The lowest BCUT2D eigenvalue weighted by atomic mass is 10.3.